The molecule has 0 aliphatic carbocycles. The van der Waals surface area contributed by atoms with E-state index >= 15 is 0 Å². The zero-order chi connectivity index (χ0) is 38.5. The van der Waals surface area contributed by atoms with Crippen LogP contribution in [-0.4, -0.2) is 17.8 Å². The van der Waals surface area contributed by atoms with E-state index in [2.05, 4.69) is 218 Å². The van der Waals surface area contributed by atoms with E-state index in [1.54, 1.807) is 0 Å². The van der Waals surface area contributed by atoms with E-state index in [-0.39, 0.29) is 11.6 Å². The van der Waals surface area contributed by atoms with Crippen LogP contribution in [0.25, 0.3) is 43.8 Å². The first-order chi connectivity index (χ1) is 27.9. The Kier molecular flexibility index (Phi) is 8.44. The lowest BCUT2D eigenvalue weighted by Crippen LogP contribution is -2.42. The molecule has 276 valence electrons. The minimum Gasteiger partial charge on any atom is -0.363 e. The quantitative estimate of drug-likeness (QED) is 0.179. The van der Waals surface area contributed by atoms with Crippen molar-refractivity contribution >= 4 is 50.3 Å². The van der Waals surface area contributed by atoms with Gasteiger partial charge in [0.15, 0.2) is 6.17 Å². The molecule has 2 aliphatic heterocycles. The maximum absolute atomic E-state index is 5.32. The summed E-state index contributed by atoms with van der Waals surface area (Å²) in [4.78, 5) is 13.1. The number of amidine groups is 2. The van der Waals surface area contributed by atoms with Crippen LogP contribution in [0, 0.1) is 5.41 Å². The van der Waals surface area contributed by atoms with Crippen molar-refractivity contribution in [2.45, 2.75) is 33.1 Å². The molecule has 0 aromatic heterocycles. The molecule has 0 bridgehead atoms. The number of nitrogens with zero attached hydrogens (tertiary/aromatic N) is 3. The Labute approximate surface area is 334 Å². The van der Waals surface area contributed by atoms with Gasteiger partial charge < -0.3 is 15.5 Å². The highest BCUT2D eigenvalue weighted by Crippen LogP contribution is 2.45. The summed E-state index contributed by atoms with van der Waals surface area (Å²) in [7, 11) is 0. The Bertz CT molecular complexity index is 2770. The maximum Gasteiger partial charge on any atom is 0.169 e. The first kappa shape index (κ1) is 34.5. The topological polar surface area (TPSA) is 52.0 Å². The van der Waals surface area contributed by atoms with Crippen molar-refractivity contribution in [1.82, 2.24) is 5.32 Å². The van der Waals surface area contributed by atoms with Crippen LogP contribution in [0.5, 0.6) is 0 Å². The number of para-hydroxylation sites is 2. The van der Waals surface area contributed by atoms with Gasteiger partial charge in [0.25, 0.3) is 0 Å². The Hall–Kier alpha value is -6.98. The van der Waals surface area contributed by atoms with Gasteiger partial charge in [-0.2, -0.15) is 0 Å². The molecular weight excluding hydrogens is 695 g/mol. The number of nitrogens with one attached hydrogen (secondary N) is 2. The second kappa shape index (κ2) is 13.9. The molecule has 5 nitrogen and oxygen atoms in total. The number of benzene rings is 8. The molecule has 2 aliphatic rings. The number of hydrogen-bond donors (Lipinski definition) is 2. The molecule has 0 fully saturated rings. The molecule has 0 spiro atoms. The first-order valence-corrected chi connectivity index (χ1v) is 19.7. The third-order valence-electron chi connectivity index (χ3n) is 11.2. The number of rotatable bonds is 6. The Morgan fingerprint density at radius 2 is 1.00 bits per heavy atom. The van der Waals surface area contributed by atoms with Crippen molar-refractivity contribution < 1.29 is 0 Å². The van der Waals surface area contributed by atoms with Gasteiger partial charge in [0.05, 0.1) is 11.4 Å². The summed E-state index contributed by atoms with van der Waals surface area (Å²) in [5.41, 5.74) is 11.3. The molecule has 2 heterocycles. The predicted molar refractivity (Wildman–Crippen MR) is 240 cm³/mol. The fraction of sp³-hybridized carbons (Fsp3) is 0.115. The zero-order valence-corrected chi connectivity index (χ0v) is 32.3. The smallest absolute Gasteiger partial charge is 0.169 e. The van der Waals surface area contributed by atoms with Crippen molar-refractivity contribution in [1.29, 1.82) is 0 Å². The first-order valence-electron chi connectivity index (χ1n) is 19.7. The molecule has 0 radical (unpaired) electrons. The van der Waals surface area contributed by atoms with Crippen LogP contribution in [0.15, 0.2) is 192 Å². The van der Waals surface area contributed by atoms with Gasteiger partial charge in [-0.25, -0.2) is 9.98 Å². The fourth-order valence-electron chi connectivity index (χ4n) is 8.38. The highest BCUT2D eigenvalue weighted by atomic mass is 15.3. The van der Waals surface area contributed by atoms with Crippen molar-refractivity contribution in [2.24, 2.45) is 15.4 Å². The lowest BCUT2D eigenvalue weighted by atomic mass is 9.91. The summed E-state index contributed by atoms with van der Waals surface area (Å²) in [6, 6.07) is 64.9. The standard InChI is InChI=1S/C52H43N5/c1-52(2,3)51-53-46-29-8-9-30-47(46)57(51)41-24-12-22-39(33-41)37-20-10-19-36(31-37)38-21-11-23-40(32-38)48-54-49(44-27-13-17-34-15-4-6-25-42(34)44)56-50(55-48)45-28-14-18-35-16-5-7-26-43(35)45/h4-33,48,51,53H,1-3H3,(H,54,55,56). The van der Waals surface area contributed by atoms with E-state index in [1.165, 1.54) is 39.0 Å². The van der Waals surface area contributed by atoms with Gasteiger partial charge in [0.2, 0.25) is 0 Å². The summed E-state index contributed by atoms with van der Waals surface area (Å²) in [6.45, 7) is 6.88. The minimum atomic E-state index is -0.443. The molecule has 8 aromatic carbocycles. The molecule has 10 rings (SSSR count). The average Bonchev–Trinajstić information content (AvgIpc) is 3.67. The van der Waals surface area contributed by atoms with Crippen molar-refractivity contribution in [2.75, 3.05) is 10.2 Å². The molecule has 0 saturated carbocycles. The van der Waals surface area contributed by atoms with Crippen LogP contribution in [0.3, 0.4) is 0 Å². The van der Waals surface area contributed by atoms with Gasteiger partial charge in [-0.05, 0) is 85.8 Å². The van der Waals surface area contributed by atoms with Crippen molar-refractivity contribution in [3.05, 3.63) is 199 Å². The van der Waals surface area contributed by atoms with Crippen molar-refractivity contribution in [3.63, 3.8) is 0 Å². The van der Waals surface area contributed by atoms with Gasteiger partial charge in [0.1, 0.15) is 17.8 Å². The highest BCUT2D eigenvalue weighted by Gasteiger charge is 2.37. The van der Waals surface area contributed by atoms with E-state index < -0.39 is 6.17 Å². The number of anilines is 3. The third-order valence-corrected chi connectivity index (χ3v) is 11.2. The Morgan fingerprint density at radius 3 is 1.65 bits per heavy atom. The summed E-state index contributed by atoms with van der Waals surface area (Å²) in [6.07, 6.45) is -0.316. The molecule has 0 amide bonds. The lowest BCUT2D eigenvalue weighted by molar-refractivity contribution is 0.351. The summed E-state index contributed by atoms with van der Waals surface area (Å²) >= 11 is 0. The predicted octanol–water partition coefficient (Wildman–Crippen LogP) is 12.8. The maximum atomic E-state index is 5.32. The molecule has 8 aromatic rings. The lowest BCUT2D eigenvalue weighted by Gasteiger charge is -2.36. The summed E-state index contributed by atoms with van der Waals surface area (Å²) in [5.74, 6) is 1.62. The normalized spacial score (nSPS) is 15.5. The Balaban J connectivity index is 1.03. The largest absolute Gasteiger partial charge is 0.363 e. The van der Waals surface area contributed by atoms with E-state index in [0.29, 0.717) is 0 Å². The average molecular weight is 738 g/mol. The zero-order valence-electron chi connectivity index (χ0n) is 32.3. The molecule has 57 heavy (non-hydrogen) atoms. The van der Waals surface area contributed by atoms with Crippen LogP contribution in [0.4, 0.5) is 17.1 Å². The number of fused-ring (bicyclic) bond motifs is 3. The van der Waals surface area contributed by atoms with Gasteiger partial charge >= 0.3 is 0 Å². The fourth-order valence-corrected chi connectivity index (χ4v) is 8.38. The van der Waals surface area contributed by atoms with Gasteiger partial charge in [-0.15, -0.1) is 0 Å². The van der Waals surface area contributed by atoms with E-state index in [4.69, 9.17) is 9.98 Å². The molecule has 1 atom stereocenters. The molecule has 1 unspecified atom stereocenters. The minimum absolute atomic E-state index is 0.00768. The number of aliphatic imine (C=N–C) groups is 2. The van der Waals surface area contributed by atoms with Crippen LogP contribution >= 0.6 is 0 Å². The van der Waals surface area contributed by atoms with E-state index in [1.807, 2.05) is 0 Å². The van der Waals surface area contributed by atoms with Crippen LogP contribution in [0.2, 0.25) is 0 Å². The van der Waals surface area contributed by atoms with Crippen LogP contribution in [0.1, 0.15) is 43.6 Å². The summed E-state index contributed by atoms with van der Waals surface area (Å²) in [5, 5.41) is 12.1. The van der Waals surface area contributed by atoms with Crippen LogP contribution < -0.4 is 15.5 Å². The number of hydrogen-bond acceptors (Lipinski definition) is 5. The molecule has 0 saturated heterocycles. The molecular formula is C52H43N5. The Morgan fingerprint density at radius 1 is 0.491 bits per heavy atom. The summed E-state index contributed by atoms with van der Waals surface area (Å²) < 4.78 is 0. The van der Waals surface area contributed by atoms with E-state index in [0.717, 1.165) is 50.3 Å². The second-order valence-corrected chi connectivity index (χ2v) is 16.1. The monoisotopic (exact) mass is 737 g/mol. The van der Waals surface area contributed by atoms with Crippen molar-refractivity contribution in [3.8, 4) is 22.3 Å². The van der Waals surface area contributed by atoms with Crippen LogP contribution in [-0.2, 0) is 0 Å². The second-order valence-electron chi connectivity index (χ2n) is 16.1. The SMILES string of the molecule is CC(C)(C)C1Nc2ccccc2N1c1cccc(-c2cccc(-c3cccc(C4N=C(c5cccc6ccccc56)NC(c5cccc6ccccc56)=N4)c3)c2)c1. The molecule has 2 N–H and O–H groups in total. The third kappa shape index (κ3) is 6.41. The van der Waals surface area contributed by atoms with E-state index in [9.17, 15) is 0 Å². The highest BCUT2D eigenvalue weighted by molar-refractivity contribution is 6.22. The van der Waals surface area contributed by atoms with Gasteiger partial charge in [-0.1, -0.05) is 166 Å². The van der Waals surface area contributed by atoms with Gasteiger partial charge in [-0.3, -0.25) is 0 Å². The molecule has 5 heteroatoms. The van der Waals surface area contributed by atoms with Gasteiger partial charge in [0, 0.05) is 22.2 Å².